The van der Waals surface area contributed by atoms with Crippen LogP contribution in [0.25, 0.3) is 16.5 Å². The van der Waals surface area contributed by atoms with Gasteiger partial charge in [-0.1, -0.05) is 75.4 Å². The number of hydrogen-bond acceptors (Lipinski definition) is 5. The second kappa shape index (κ2) is 12.6. The van der Waals surface area contributed by atoms with Crippen LogP contribution in [0.5, 0.6) is 0 Å². The minimum atomic E-state index is -3.90. The number of nitrogens with zero attached hydrogens (tertiary/aromatic N) is 3. The van der Waals surface area contributed by atoms with E-state index in [1.54, 1.807) is 9.40 Å². The van der Waals surface area contributed by atoms with Crippen LogP contribution in [-0.4, -0.2) is 48.2 Å². The molecule has 0 saturated carbocycles. The Balaban J connectivity index is 0.000000283. The van der Waals surface area contributed by atoms with Crippen molar-refractivity contribution in [2.45, 2.75) is 46.0 Å². The summed E-state index contributed by atoms with van der Waals surface area (Å²) in [6.07, 6.45) is 1.83. The van der Waals surface area contributed by atoms with E-state index < -0.39 is 16.2 Å². The van der Waals surface area contributed by atoms with E-state index >= 15 is 0 Å². The Labute approximate surface area is 246 Å². The van der Waals surface area contributed by atoms with Crippen molar-refractivity contribution >= 4 is 44.5 Å². The third-order valence-electron chi connectivity index (χ3n) is 6.72. The molecule has 1 aliphatic heterocycles. The molecule has 2 heterocycles. The fourth-order valence-corrected chi connectivity index (χ4v) is 4.90. The van der Waals surface area contributed by atoms with E-state index in [2.05, 4.69) is 36.5 Å². The summed E-state index contributed by atoms with van der Waals surface area (Å²) in [5, 5.41) is 17.5. The summed E-state index contributed by atoms with van der Waals surface area (Å²) in [6.45, 7) is 9.56. The smallest absolute Gasteiger partial charge is 0.324 e. The van der Waals surface area contributed by atoms with Crippen molar-refractivity contribution in [3.8, 4) is 5.69 Å². The first-order chi connectivity index (χ1) is 19.8. The van der Waals surface area contributed by atoms with E-state index in [4.69, 9.17) is 5.10 Å². The van der Waals surface area contributed by atoms with Crippen molar-refractivity contribution in [1.29, 1.82) is 0 Å². The Bertz CT molecular complexity index is 1680. The molecule has 12 heteroatoms. The molecule has 4 aromatic rings. The van der Waals surface area contributed by atoms with Crippen molar-refractivity contribution in [1.82, 2.24) is 19.4 Å². The molecule has 222 valence electrons. The number of nitrogens with two attached hydrogens (primary N) is 1. The highest BCUT2D eigenvalue weighted by atomic mass is 32.2. The number of likely N-dealkylation sites (tertiary alicyclic amines) is 1. The Morgan fingerprint density at radius 1 is 0.905 bits per heavy atom. The Morgan fingerprint density at radius 3 is 2.21 bits per heavy atom. The maximum atomic E-state index is 12.9. The third-order valence-corrected chi connectivity index (χ3v) is 7.18. The van der Waals surface area contributed by atoms with Crippen LogP contribution in [0, 0.1) is 6.92 Å². The monoisotopic (exact) mass is 591 g/mol. The number of fused-ring (bicyclic) bond motifs is 1. The molecule has 0 aliphatic carbocycles. The highest BCUT2D eigenvalue weighted by Gasteiger charge is 2.22. The van der Waals surface area contributed by atoms with Gasteiger partial charge in [0.05, 0.1) is 17.1 Å². The minimum Gasteiger partial charge on any atom is -0.324 e. The average Bonchev–Trinajstić information content (AvgIpc) is 3.60. The Kier molecular flexibility index (Phi) is 9.17. The number of anilines is 2. The van der Waals surface area contributed by atoms with Gasteiger partial charge in [-0.25, -0.2) is 24.1 Å². The van der Waals surface area contributed by atoms with E-state index in [0.717, 1.165) is 46.2 Å². The van der Waals surface area contributed by atoms with Gasteiger partial charge in [0.15, 0.2) is 0 Å². The zero-order chi connectivity index (χ0) is 30.5. The molecule has 0 unspecified atom stereocenters. The van der Waals surface area contributed by atoms with Gasteiger partial charge in [-0.2, -0.15) is 13.5 Å². The molecule has 11 nitrogen and oxygen atoms in total. The van der Waals surface area contributed by atoms with Crippen LogP contribution in [0.3, 0.4) is 0 Å². The molecular weight excluding hydrogens is 554 g/mol. The zero-order valence-electron chi connectivity index (χ0n) is 24.2. The van der Waals surface area contributed by atoms with E-state index in [1.165, 1.54) is 4.90 Å². The summed E-state index contributed by atoms with van der Waals surface area (Å²) in [5.41, 5.74) is 3.55. The molecule has 1 fully saturated rings. The molecule has 0 radical (unpaired) electrons. The predicted molar refractivity (Wildman–Crippen MR) is 166 cm³/mol. The minimum absolute atomic E-state index is 0.142. The second-order valence-electron chi connectivity index (χ2n) is 11.1. The summed E-state index contributed by atoms with van der Waals surface area (Å²) in [5.74, 6) is 0.631. The largest absolute Gasteiger partial charge is 0.332 e. The zero-order valence-corrected chi connectivity index (χ0v) is 25.0. The molecule has 3 aromatic carbocycles. The number of rotatable bonds is 4. The number of nitrogens with one attached hydrogen (secondary N) is 3. The van der Waals surface area contributed by atoms with E-state index in [-0.39, 0.29) is 11.4 Å². The second-order valence-corrected chi connectivity index (χ2v) is 12.4. The standard InChI is InChI=1S/C25H26N4O.C5H11N3O3S/c1-17-10-5-8-15-21(17)29-23(16-22(28-29)25(2,3)4)27-24(30)26-20-14-9-12-18-11-6-7-13-19(18)20;6-12(10,11)7-5(9)8-3-1-2-4-8/h5-16H,1-4H3,(H2,26,27,30);1-4H2,(H,7,9)(H2,6,10,11). The number of carbonyl (C=O) groups excluding carboxylic acids is 2. The van der Waals surface area contributed by atoms with Crippen molar-refractivity contribution in [3.63, 3.8) is 0 Å². The lowest BCUT2D eigenvalue weighted by Gasteiger charge is -2.14. The Hall–Kier alpha value is -4.42. The molecule has 1 aromatic heterocycles. The highest BCUT2D eigenvalue weighted by Crippen LogP contribution is 2.28. The van der Waals surface area contributed by atoms with Gasteiger partial charge in [0, 0.05) is 30.0 Å². The number of aromatic nitrogens is 2. The van der Waals surface area contributed by atoms with Gasteiger partial charge in [-0.05, 0) is 42.8 Å². The lowest BCUT2D eigenvalue weighted by Crippen LogP contribution is -2.44. The molecule has 1 aliphatic rings. The lowest BCUT2D eigenvalue weighted by atomic mass is 9.92. The van der Waals surface area contributed by atoms with Crippen LogP contribution in [-0.2, 0) is 15.6 Å². The quantitative estimate of drug-likeness (QED) is 0.255. The van der Waals surface area contributed by atoms with Gasteiger partial charge in [-0.15, -0.1) is 0 Å². The summed E-state index contributed by atoms with van der Waals surface area (Å²) in [6, 6.07) is 22.9. The molecule has 5 N–H and O–H groups in total. The highest BCUT2D eigenvalue weighted by molar-refractivity contribution is 7.87. The summed E-state index contributed by atoms with van der Waals surface area (Å²) >= 11 is 0. The van der Waals surface area contributed by atoms with Crippen molar-refractivity contribution in [3.05, 3.63) is 84.1 Å². The van der Waals surface area contributed by atoms with Gasteiger partial charge in [0.2, 0.25) is 0 Å². The van der Waals surface area contributed by atoms with Crippen LogP contribution >= 0.6 is 0 Å². The van der Waals surface area contributed by atoms with E-state index in [0.29, 0.717) is 18.9 Å². The van der Waals surface area contributed by atoms with Gasteiger partial charge in [0.25, 0.3) is 10.2 Å². The predicted octanol–water partition coefficient (Wildman–Crippen LogP) is 5.27. The maximum Gasteiger partial charge on any atom is 0.332 e. The lowest BCUT2D eigenvalue weighted by molar-refractivity contribution is 0.214. The van der Waals surface area contributed by atoms with Crippen molar-refractivity contribution in [2.75, 3.05) is 23.7 Å². The molecule has 0 spiro atoms. The summed E-state index contributed by atoms with van der Waals surface area (Å²) in [7, 11) is -3.90. The molecular formula is C30H37N7O4S. The number of aryl methyl sites for hydroxylation is 1. The Morgan fingerprint density at radius 2 is 1.55 bits per heavy atom. The fourth-order valence-electron chi connectivity index (χ4n) is 4.53. The molecule has 0 atom stereocenters. The number of carbonyl (C=O) groups is 2. The van der Waals surface area contributed by atoms with Crippen LogP contribution in [0.4, 0.5) is 21.1 Å². The first-order valence-corrected chi connectivity index (χ1v) is 15.2. The molecule has 1 saturated heterocycles. The summed E-state index contributed by atoms with van der Waals surface area (Å²) in [4.78, 5) is 25.3. The maximum absolute atomic E-state index is 12.9. The number of amides is 4. The molecule has 4 amide bonds. The average molecular weight is 592 g/mol. The van der Waals surface area contributed by atoms with Gasteiger partial charge in [-0.3, -0.25) is 5.32 Å². The van der Waals surface area contributed by atoms with Gasteiger partial charge in [0.1, 0.15) is 5.82 Å². The van der Waals surface area contributed by atoms with Crippen molar-refractivity contribution < 1.29 is 18.0 Å². The fraction of sp³-hybridized carbons (Fsp3) is 0.300. The molecule has 0 bridgehead atoms. The first kappa shape index (κ1) is 30.5. The number of hydrogen-bond donors (Lipinski definition) is 4. The first-order valence-electron chi connectivity index (χ1n) is 13.6. The molecule has 5 rings (SSSR count). The number of urea groups is 2. The molecule has 42 heavy (non-hydrogen) atoms. The SMILES string of the molecule is Cc1ccccc1-n1nc(C(C)(C)C)cc1NC(=O)Nc1cccc2ccccc12.NS(=O)(=O)NC(=O)N1CCCC1. The van der Waals surface area contributed by atoms with Crippen LogP contribution in [0.15, 0.2) is 72.8 Å². The number of benzene rings is 3. The number of para-hydroxylation sites is 1. The van der Waals surface area contributed by atoms with E-state index in [9.17, 15) is 18.0 Å². The topological polar surface area (TPSA) is 151 Å². The van der Waals surface area contributed by atoms with E-state index in [1.807, 2.05) is 79.7 Å². The van der Waals surface area contributed by atoms with Crippen molar-refractivity contribution in [2.24, 2.45) is 5.14 Å². The third kappa shape index (κ3) is 7.86. The normalized spacial score (nSPS) is 13.3. The van der Waals surface area contributed by atoms with Gasteiger partial charge < -0.3 is 10.2 Å². The van der Waals surface area contributed by atoms with Crippen LogP contribution in [0.1, 0.15) is 44.9 Å². The summed E-state index contributed by atoms with van der Waals surface area (Å²) < 4.78 is 24.3. The van der Waals surface area contributed by atoms with Crippen LogP contribution < -0.4 is 20.5 Å². The van der Waals surface area contributed by atoms with Gasteiger partial charge >= 0.3 is 12.1 Å². The van der Waals surface area contributed by atoms with Crippen LogP contribution in [0.2, 0.25) is 0 Å².